The molecule has 0 radical (unpaired) electrons. The number of amides is 3. The molecule has 1 unspecified atom stereocenters. The molecule has 0 spiro atoms. The second-order valence-electron chi connectivity index (χ2n) is 9.87. The molecule has 0 aliphatic rings. The summed E-state index contributed by atoms with van der Waals surface area (Å²) in [6.07, 6.45) is 1.58. The highest BCUT2D eigenvalue weighted by Gasteiger charge is 2.23. The lowest BCUT2D eigenvalue weighted by Gasteiger charge is -2.18. The van der Waals surface area contributed by atoms with Crippen molar-refractivity contribution < 1.29 is 19.1 Å². The topological polar surface area (TPSA) is 96.5 Å². The summed E-state index contributed by atoms with van der Waals surface area (Å²) in [7, 11) is 1.54. The molecule has 7 nitrogen and oxygen atoms in total. The highest BCUT2D eigenvalue weighted by atomic mass is 32.2. The molecule has 8 heteroatoms. The molecule has 0 fully saturated rings. The lowest BCUT2D eigenvalue weighted by Crippen LogP contribution is -2.30. The van der Waals surface area contributed by atoms with E-state index in [4.69, 9.17) is 4.74 Å². The van der Waals surface area contributed by atoms with Gasteiger partial charge in [-0.2, -0.15) is 0 Å². The van der Waals surface area contributed by atoms with Gasteiger partial charge < -0.3 is 20.7 Å². The fraction of sp³-hybridized carbons (Fsp3) is 0.0541. The van der Waals surface area contributed by atoms with E-state index < -0.39 is 17.1 Å². The largest absolute Gasteiger partial charge is 0.496 e. The number of carbonyl (C=O) groups excluding carboxylic acids is 3. The number of thioether (sulfide) groups is 1. The van der Waals surface area contributed by atoms with Gasteiger partial charge in [-0.05, 0) is 60.2 Å². The van der Waals surface area contributed by atoms with E-state index in [-0.39, 0.29) is 11.6 Å². The van der Waals surface area contributed by atoms with Crippen molar-refractivity contribution >= 4 is 46.9 Å². The van der Waals surface area contributed by atoms with Gasteiger partial charge in [0.05, 0.1) is 7.11 Å². The Kier molecular flexibility index (Phi) is 10.4. The molecule has 1 atom stereocenters. The quantitative estimate of drug-likeness (QED) is 0.105. The Hall–Kier alpha value is -5.60. The van der Waals surface area contributed by atoms with E-state index in [2.05, 4.69) is 16.0 Å². The first kappa shape index (κ1) is 30.8. The first-order chi connectivity index (χ1) is 22.0. The van der Waals surface area contributed by atoms with Gasteiger partial charge in [-0.3, -0.25) is 14.4 Å². The standard InChI is InChI=1S/C37H31N3O4S/c1-44-33-23-12-11-18-28(33)24-32(40-35(41)27-16-7-3-8-17-27)36(42)39-30-21-13-22-31(25-30)45-34(26-14-5-2-6-15-26)37(43)38-29-19-9-4-10-20-29/h2-25,34H,1H3,(H,38,43)(H,39,42)(H,40,41)/b32-24+. The number of hydrogen-bond acceptors (Lipinski definition) is 5. The Morgan fingerprint density at radius 2 is 1.31 bits per heavy atom. The number of benzene rings is 5. The van der Waals surface area contributed by atoms with Crippen molar-refractivity contribution in [2.24, 2.45) is 0 Å². The molecular weight excluding hydrogens is 582 g/mol. The molecule has 0 bridgehead atoms. The zero-order chi connectivity index (χ0) is 31.4. The van der Waals surface area contributed by atoms with E-state index in [9.17, 15) is 14.4 Å². The molecular formula is C37H31N3O4S. The molecule has 3 amide bonds. The van der Waals surface area contributed by atoms with E-state index in [1.807, 2.05) is 84.9 Å². The van der Waals surface area contributed by atoms with Crippen LogP contribution in [0, 0.1) is 0 Å². The second kappa shape index (κ2) is 15.2. The molecule has 5 rings (SSSR count). The molecule has 0 saturated heterocycles. The van der Waals surface area contributed by atoms with Crippen LogP contribution in [-0.2, 0) is 9.59 Å². The Balaban J connectivity index is 1.39. The number of hydrogen-bond donors (Lipinski definition) is 3. The minimum Gasteiger partial charge on any atom is -0.496 e. The molecule has 45 heavy (non-hydrogen) atoms. The summed E-state index contributed by atoms with van der Waals surface area (Å²) in [6.45, 7) is 0. The van der Waals surface area contributed by atoms with E-state index in [1.54, 1.807) is 67.8 Å². The van der Waals surface area contributed by atoms with Gasteiger partial charge in [0.2, 0.25) is 5.91 Å². The molecule has 0 aromatic heterocycles. The van der Waals surface area contributed by atoms with E-state index in [0.29, 0.717) is 28.3 Å². The van der Waals surface area contributed by atoms with Crippen LogP contribution in [0.3, 0.4) is 0 Å². The van der Waals surface area contributed by atoms with Gasteiger partial charge in [0.25, 0.3) is 11.8 Å². The maximum Gasteiger partial charge on any atom is 0.272 e. The van der Waals surface area contributed by atoms with Gasteiger partial charge >= 0.3 is 0 Å². The van der Waals surface area contributed by atoms with Crippen molar-refractivity contribution in [3.8, 4) is 5.75 Å². The zero-order valence-electron chi connectivity index (χ0n) is 24.5. The molecule has 0 saturated carbocycles. The van der Waals surface area contributed by atoms with Crippen LogP contribution >= 0.6 is 11.8 Å². The van der Waals surface area contributed by atoms with Gasteiger partial charge in [-0.1, -0.05) is 91.0 Å². The predicted molar refractivity (Wildman–Crippen MR) is 180 cm³/mol. The summed E-state index contributed by atoms with van der Waals surface area (Å²) in [4.78, 5) is 40.9. The minimum absolute atomic E-state index is 0.0378. The lowest BCUT2D eigenvalue weighted by molar-refractivity contribution is -0.116. The third-order valence-electron chi connectivity index (χ3n) is 6.70. The van der Waals surface area contributed by atoms with Crippen LogP contribution in [0.1, 0.15) is 26.7 Å². The summed E-state index contributed by atoms with van der Waals surface area (Å²) in [5.41, 5.74) is 3.12. The van der Waals surface area contributed by atoms with Crippen LogP contribution in [0.2, 0.25) is 0 Å². The van der Waals surface area contributed by atoms with Crippen LogP contribution in [0.25, 0.3) is 6.08 Å². The van der Waals surface area contributed by atoms with Crippen LogP contribution in [0.4, 0.5) is 11.4 Å². The Morgan fingerprint density at radius 1 is 0.689 bits per heavy atom. The van der Waals surface area contributed by atoms with Crippen LogP contribution in [-0.4, -0.2) is 24.8 Å². The smallest absolute Gasteiger partial charge is 0.272 e. The SMILES string of the molecule is COc1ccccc1/C=C(/NC(=O)c1ccccc1)C(=O)Nc1cccc(SC(C(=O)Nc2ccccc2)c2ccccc2)c1. The van der Waals surface area contributed by atoms with E-state index in [0.717, 1.165) is 10.5 Å². The van der Waals surface area contributed by atoms with E-state index >= 15 is 0 Å². The molecule has 224 valence electrons. The van der Waals surface area contributed by atoms with Gasteiger partial charge in [0.15, 0.2) is 0 Å². The number of methoxy groups -OCH3 is 1. The third kappa shape index (κ3) is 8.49. The van der Waals surface area contributed by atoms with Crippen LogP contribution in [0.5, 0.6) is 5.75 Å². The molecule has 5 aromatic rings. The highest BCUT2D eigenvalue weighted by Crippen LogP contribution is 2.37. The highest BCUT2D eigenvalue weighted by molar-refractivity contribution is 8.00. The number of rotatable bonds is 11. The van der Waals surface area contributed by atoms with Crippen LogP contribution in [0.15, 0.2) is 150 Å². The first-order valence-electron chi connectivity index (χ1n) is 14.2. The summed E-state index contributed by atoms with van der Waals surface area (Å²) in [6, 6.07) is 42.0. The van der Waals surface area contributed by atoms with Gasteiger partial charge in [0, 0.05) is 27.4 Å². The Labute approximate surface area is 266 Å². The number of ether oxygens (including phenoxy) is 1. The van der Waals surface area contributed by atoms with Gasteiger partial charge in [-0.25, -0.2) is 0 Å². The fourth-order valence-corrected chi connectivity index (χ4v) is 5.58. The molecule has 0 heterocycles. The maximum absolute atomic E-state index is 13.6. The summed E-state index contributed by atoms with van der Waals surface area (Å²) >= 11 is 1.37. The normalized spacial score (nSPS) is 11.6. The van der Waals surface area contributed by atoms with Crippen molar-refractivity contribution in [3.05, 3.63) is 162 Å². The van der Waals surface area contributed by atoms with Crippen LogP contribution < -0.4 is 20.7 Å². The van der Waals surface area contributed by atoms with Crippen molar-refractivity contribution in [3.63, 3.8) is 0 Å². The fourth-order valence-electron chi connectivity index (χ4n) is 4.50. The molecule has 3 N–H and O–H groups in total. The number of anilines is 2. The summed E-state index contributed by atoms with van der Waals surface area (Å²) < 4.78 is 5.46. The Bertz CT molecular complexity index is 1800. The zero-order valence-corrected chi connectivity index (χ0v) is 25.3. The number of carbonyl (C=O) groups is 3. The monoisotopic (exact) mass is 613 g/mol. The average Bonchev–Trinajstić information content (AvgIpc) is 3.08. The molecule has 0 aliphatic carbocycles. The number of para-hydroxylation sites is 2. The molecule has 5 aromatic carbocycles. The summed E-state index contributed by atoms with van der Waals surface area (Å²) in [5.74, 6) is -0.562. The predicted octanol–water partition coefficient (Wildman–Crippen LogP) is 7.58. The minimum atomic E-state index is -0.552. The van der Waals surface area contributed by atoms with Crippen molar-refractivity contribution in [2.75, 3.05) is 17.7 Å². The second-order valence-corrected chi connectivity index (χ2v) is 11.0. The Morgan fingerprint density at radius 3 is 2.02 bits per heavy atom. The average molecular weight is 614 g/mol. The van der Waals surface area contributed by atoms with Gasteiger partial charge in [-0.15, -0.1) is 11.8 Å². The lowest BCUT2D eigenvalue weighted by atomic mass is 10.1. The van der Waals surface area contributed by atoms with Crippen molar-refractivity contribution in [1.29, 1.82) is 0 Å². The maximum atomic E-state index is 13.6. The van der Waals surface area contributed by atoms with Gasteiger partial charge in [0.1, 0.15) is 16.7 Å². The van der Waals surface area contributed by atoms with Crippen molar-refractivity contribution in [2.45, 2.75) is 10.1 Å². The summed E-state index contributed by atoms with van der Waals surface area (Å²) in [5, 5.41) is 8.11. The third-order valence-corrected chi connectivity index (χ3v) is 7.94. The van der Waals surface area contributed by atoms with Crippen molar-refractivity contribution in [1.82, 2.24) is 5.32 Å². The molecule has 0 aliphatic heterocycles. The van der Waals surface area contributed by atoms with E-state index in [1.165, 1.54) is 11.8 Å². The number of nitrogens with one attached hydrogen (secondary N) is 3. The first-order valence-corrected chi connectivity index (χ1v) is 15.1.